The number of nitrogens with zero attached hydrogens (tertiary/aromatic N) is 2. The normalized spacial score (nSPS) is 11.0. The van der Waals surface area contributed by atoms with Gasteiger partial charge in [0.2, 0.25) is 0 Å². The number of imidazole rings is 1. The number of carbonyl (C=O) groups is 1. The maximum atomic E-state index is 12.3. The molecule has 1 heterocycles. The molecular formula is C14H18N2O3. The van der Waals surface area contributed by atoms with Gasteiger partial charge in [-0.15, -0.1) is 0 Å². The first-order valence-electron chi connectivity index (χ1n) is 6.55. The van der Waals surface area contributed by atoms with Crippen LogP contribution in [0.3, 0.4) is 0 Å². The van der Waals surface area contributed by atoms with E-state index in [1.54, 1.807) is 9.13 Å². The topological polar surface area (TPSA) is 64.2 Å². The monoisotopic (exact) mass is 262 g/mol. The molecule has 5 nitrogen and oxygen atoms in total. The van der Waals surface area contributed by atoms with E-state index in [0.29, 0.717) is 25.9 Å². The van der Waals surface area contributed by atoms with Crippen LogP contribution in [-0.4, -0.2) is 20.2 Å². The van der Waals surface area contributed by atoms with Crippen molar-refractivity contribution >= 4 is 17.0 Å². The van der Waals surface area contributed by atoms with Crippen molar-refractivity contribution < 1.29 is 9.90 Å². The molecule has 1 N–H and O–H groups in total. The third kappa shape index (κ3) is 2.70. The van der Waals surface area contributed by atoms with Crippen LogP contribution in [0.4, 0.5) is 0 Å². The minimum Gasteiger partial charge on any atom is -0.481 e. The number of aryl methyl sites for hydroxylation is 2. The van der Waals surface area contributed by atoms with Gasteiger partial charge in [-0.05, 0) is 31.9 Å². The standard InChI is InChI=1S/C14H18N2O3/c1-2-15-11-7-3-4-8-12(11)16(14(15)19)10-6-5-9-13(17)18/h3-4,7-8H,2,5-6,9-10H2,1H3,(H,17,18). The summed E-state index contributed by atoms with van der Waals surface area (Å²) in [4.78, 5) is 22.7. The number of aromatic nitrogens is 2. The number of hydrogen-bond donors (Lipinski definition) is 1. The lowest BCUT2D eigenvalue weighted by Crippen LogP contribution is -2.23. The van der Waals surface area contributed by atoms with Crippen LogP contribution in [-0.2, 0) is 17.9 Å². The first kappa shape index (κ1) is 13.4. The lowest BCUT2D eigenvalue weighted by molar-refractivity contribution is -0.137. The summed E-state index contributed by atoms with van der Waals surface area (Å²) in [6.45, 7) is 3.16. The number of para-hydroxylation sites is 2. The minimum absolute atomic E-state index is 0.0148. The van der Waals surface area contributed by atoms with Crippen molar-refractivity contribution in [2.45, 2.75) is 39.3 Å². The lowest BCUT2D eigenvalue weighted by Gasteiger charge is -2.02. The summed E-state index contributed by atoms with van der Waals surface area (Å²) in [7, 11) is 0. The summed E-state index contributed by atoms with van der Waals surface area (Å²) in [5, 5.41) is 8.61. The maximum Gasteiger partial charge on any atom is 0.329 e. The van der Waals surface area contributed by atoms with Crippen molar-refractivity contribution in [3.05, 3.63) is 34.7 Å². The van der Waals surface area contributed by atoms with Gasteiger partial charge in [-0.2, -0.15) is 0 Å². The second kappa shape index (κ2) is 5.73. The van der Waals surface area contributed by atoms with Crippen molar-refractivity contribution in [2.24, 2.45) is 0 Å². The molecule has 19 heavy (non-hydrogen) atoms. The molecule has 1 aromatic carbocycles. The van der Waals surface area contributed by atoms with E-state index in [4.69, 9.17) is 5.11 Å². The molecule has 1 aromatic heterocycles. The molecule has 0 spiro atoms. The molecule has 0 saturated carbocycles. The number of hydrogen-bond acceptors (Lipinski definition) is 2. The van der Waals surface area contributed by atoms with Crippen LogP contribution in [0.2, 0.25) is 0 Å². The Kier molecular flexibility index (Phi) is 4.04. The van der Waals surface area contributed by atoms with Crippen molar-refractivity contribution in [1.82, 2.24) is 9.13 Å². The Morgan fingerprint density at radius 3 is 2.37 bits per heavy atom. The van der Waals surface area contributed by atoms with Crippen LogP contribution >= 0.6 is 0 Å². The summed E-state index contributed by atoms with van der Waals surface area (Å²) in [5.74, 6) is -0.789. The van der Waals surface area contributed by atoms with Crippen molar-refractivity contribution in [1.29, 1.82) is 0 Å². The maximum absolute atomic E-state index is 12.3. The summed E-state index contributed by atoms with van der Waals surface area (Å²) in [6.07, 6.45) is 1.44. The van der Waals surface area contributed by atoms with Gasteiger partial charge >= 0.3 is 11.7 Å². The van der Waals surface area contributed by atoms with Crippen LogP contribution in [0.25, 0.3) is 11.0 Å². The van der Waals surface area contributed by atoms with Crippen LogP contribution in [0.5, 0.6) is 0 Å². The first-order valence-corrected chi connectivity index (χ1v) is 6.55. The number of rotatable bonds is 6. The Morgan fingerprint density at radius 1 is 1.16 bits per heavy atom. The van der Waals surface area contributed by atoms with E-state index in [-0.39, 0.29) is 12.1 Å². The van der Waals surface area contributed by atoms with E-state index in [1.807, 2.05) is 31.2 Å². The molecule has 0 aliphatic heterocycles. The number of carboxylic acid groups (broad SMARTS) is 1. The van der Waals surface area contributed by atoms with Crippen molar-refractivity contribution in [3.8, 4) is 0 Å². The highest BCUT2D eigenvalue weighted by atomic mass is 16.4. The van der Waals surface area contributed by atoms with Gasteiger partial charge < -0.3 is 5.11 Å². The summed E-state index contributed by atoms with van der Waals surface area (Å²) in [6, 6.07) is 7.70. The van der Waals surface area contributed by atoms with Gasteiger partial charge in [-0.1, -0.05) is 12.1 Å². The molecule has 102 valence electrons. The lowest BCUT2D eigenvalue weighted by atomic mass is 10.2. The predicted molar refractivity (Wildman–Crippen MR) is 73.4 cm³/mol. The highest BCUT2D eigenvalue weighted by molar-refractivity contribution is 5.75. The zero-order valence-electron chi connectivity index (χ0n) is 11.0. The van der Waals surface area contributed by atoms with Crippen LogP contribution in [0.1, 0.15) is 26.2 Å². The number of carboxylic acids is 1. The van der Waals surface area contributed by atoms with E-state index in [0.717, 1.165) is 11.0 Å². The number of benzene rings is 1. The fraction of sp³-hybridized carbons (Fsp3) is 0.429. The SMILES string of the molecule is CCn1c(=O)n(CCCCC(=O)O)c2ccccc21. The van der Waals surface area contributed by atoms with E-state index < -0.39 is 5.97 Å². The van der Waals surface area contributed by atoms with Gasteiger partial charge in [0.05, 0.1) is 11.0 Å². The Morgan fingerprint density at radius 2 is 1.79 bits per heavy atom. The van der Waals surface area contributed by atoms with E-state index in [9.17, 15) is 9.59 Å². The van der Waals surface area contributed by atoms with Gasteiger partial charge in [-0.25, -0.2) is 4.79 Å². The largest absolute Gasteiger partial charge is 0.481 e. The van der Waals surface area contributed by atoms with E-state index in [2.05, 4.69) is 0 Å². The van der Waals surface area contributed by atoms with Crippen LogP contribution in [0, 0.1) is 0 Å². The Hall–Kier alpha value is -2.04. The highest BCUT2D eigenvalue weighted by Gasteiger charge is 2.10. The molecule has 0 aliphatic rings. The molecule has 0 fully saturated rings. The number of aliphatic carboxylic acids is 1. The van der Waals surface area contributed by atoms with Crippen LogP contribution in [0.15, 0.2) is 29.1 Å². The van der Waals surface area contributed by atoms with Crippen LogP contribution < -0.4 is 5.69 Å². The van der Waals surface area contributed by atoms with E-state index >= 15 is 0 Å². The molecular weight excluding hydrogens is 244 g/mol. The number of unbranched alkanes of at least 4 members (excludes halogenated alkanes) is 1. The molecule has 0 saturated heterocycles. The average Bonchev–Trinajstić information content (AvgIpc) is 2.66. The van der Waals surface area contributed by atoms with Gasteiger partial charge in [0.25, 0.3) is 0 Å². The van der Waals surface area contributed by atoms with Gasteiger partial charge in [0.1, 0.15) is 0 Å². The van der Waals surface area contributed by atoms with E-state index in [1.165, 1.54) is 0 Å². The zero-order chi connectivity index (χ0) is 13.8. The molecule has 2 rings (SSSR count). The average molecular weight is 262 g/mol. The fourth-order valence-electron chi connectivity index (χ4n) is 2.34. The third-order valence-electron chi connectivity index (χ3n) is 3.26. The van der Waals surface area contributed by atoms with Gasteiger partial charge in [-0.3, -0.25) is 13.9 Å². The van der Waals surface area contributed by atoms with Gasteiger partial charge in [0, 0.05) is 19.5 Å². The molecule has 0 unspecified atom stereocenters. The van der Waals surface area contributed by atoms with Gasteiger partial charge in [0.15, 0.2) is 0 Å². The Labute approximate surface area is 111 Å². The Balaban J connectivity index is 2.25. The quantitative estimate of drug-likeness (QED) is 0.811. The summed E-state index contributed by atoms with van der Waals surface area (Å²) >= 11 is 0. The second-order valence-electron chi connectivity index (χ2n) is 4.52. The molecule has 0 aliphatic carbocycles. The second-order valence-corrected chi connectivity index (χ2v) is 4.52. The summed E-state index contributed by atoms with van der Waals surface area (Å²) < 4.78 is 3.48. The predicted octanol–water partition coefficient (Wildman–Crippen LogP) is 2.08. The molecule has 0 radical (unpaired) electrons. The third-order valence-corrected chi connectivity index (χ3v) is 3.26. The number of fused-ring (bicyclic) bond motifs is 1. The molecule has 0 bridgehead atoms. The molecule has 2 aromatic rings. The smallest absolute Gasteiger partial charge is 0.329 e. The van der Waals surface area contributed by atoms with Crippen molar-refractivity contribution in [2.75, 3.05) is 0 Å². The Bertz CT molecular complexity index is 640. The molecule has 5 heteroatoms. The van der Waals surface area contributed by atoms with Crippen molar-refractivity contribution in [3.63, 3.8) is 0 Å². The highest BCUT2D eigenvalue weighted by Crippen LogP contribution is 2.13. The fourth-order valence-corrected chi connectivity index (χ4v) is 2.34. The first-order chi connectivity index (χ1) is 9.15. The summed E-state index contributed by atoms with van der Waals surface area (Å²) in [5.41, 5.74) is 1.84. The molecule has 0 atom stereocenters. The zero-order valence-corrected chi connectivity index (χ0v) is 11.0. The molecule has 0 amide bonds. The minimum atomic E-state index is -0.789.